The van der Waals surface area contributed by atoms with Crippen molar-refractivity contribution >= 4 is 17.7 Å². The highest BCUT2D eigenvalue weighted by atomic mass is 32.2. The van der Waals surface area contributed by atoms with E-state index in [0.717, 1.165) is 48.5 Å². The minimum Gasteiger partial charge on any atom is -0.493 e. The topological polar surface area (TPSA) is 60.0 Å². The number of benzene rings is 3. The molecule has 1 heterocycles. The number of piperidine rings is 1. The predicted octanol–water partition coefficient (Wildman–Crippen LogP) is 5.74. The van der Waals surface area contributed by atoms with Crippen LogP contribution in [0.5, 0.6) is 17.2 Å². The minimum absolute atomic E-state index is 0.0434. The molecule has 6 nitrogen and oxygen atoms in total. The molecule has 3 aromatic carbocycles. The summed E-state index contributed by atoms with van der Waals surface area (Å²) >= 11 is 1.67. The highest BCUT2D eigenvalue weighted by Crippen LogP contribution is 2.39. The van der Waals surface area contributed by atoms with Gasteiger partial charge in [0.05, 0.1) is 21.3 Å². The molecule has 0 spiro atoms. The maximum atomic E-state index is 12.6. The van der Waals surface area contributed by atoms with E-state index >= 15 is 0 Å². The summed E-state index contributed by atoms with van der Waals surface area (Å²) in [6, 6.07) is 20.4. The van der Waals surface area contributed by atoms with Crippen LogP contribution in [0.2, 0.25) is 0 Å². The van der Waals surface area contributed by atoms with Crippen molar-refractivity contribution in [1.82, 2.24) is 10.2 Å². The molecule has 4 rings (SSSR count). The molecule has 0 saturated carbocycles. The van der Waals surface area contributed by atoms with Crippen molar-refractivity contribution in [3.63, 3.8) is 0 Å². The van der Waals surface area contributed by atoms with E-state index in [4.69, 9.17) is 14.2 Å². The molecule has 1 saturated heterocycles. The number of carbonyl (C=O) groups excluding carboxylic acids is 1. The van der Waals surface area contributed by atoms with E-state index < -0.39 is 0 Å². The van der Waals surface area contributed by atoms with E-state index in [1.54, 1.807) is 33.1 Å². The van der Waals surface area contributed by atoms with Crippen LogP contribution < -0.4 is 19.5 Å². The zero-order valence-corrected chi connectivity index (χ0v) is 22.9. The Hall–Kier alpha value is -3.16. The minimum atomic E-state index is -0.0434. The fraction of sp³-hybridized carbons (Fsp3) is 0.367. The molecule has 1 aliphatic rings. The maximum absolute atomic E-state index is 12.6. The van der Waals surface area contributed by atoms with E-state index in [1.807, 2.05) is 42.7 Å². The molecule has 1 amide bonds. The van der Waals surface area contributed by atoms with Gasteiger partial charge in [-0.25, -0.2) is 0 Å². The molecule has 196 valence electrons. The molecule has 0 radical (unpaired) electrons. The monoisotopic (exact) mass is 520 g/mol. The Balaban J connectivity index is 1.32. The van der Waals surface area contributed by atoms with Crippen LogP contribution in [-0.4, -0.2) is 51.5 Å². The van der Waals surface area contributed by atoms with Gasteiger partial charge in [-0.2, -0.15) is 0 Å². The predicted molar refractivity (Wildman–Crippen MR) is 149 cm³/mol. The maximum Gasteiger partial charge on any atom is 0.251 e. The smallest absolute Gasteiger partial charge is 0.251 e. The van der Waals surface area contributed by atoms with E-state index in [-0.39, 0.29) is 5.91 Å². The van der Waals surface area contributed by atoms with Gasteiger partial charge < -0.3 is 19.5 Å². The normalized spacial score (nSPS) is 14.3. The summed E-state index contributed by atoms with van der Waals surface area (Å²) in [5.74, 6) is 2.47. The number of hydrogen-bond donors (Lipinski definition) is 1. The Labute approximate surface area is 224 Å². The van der Waals surface area contributed by atoms with Gasteiger partial charge in [0.1, 0.15) is 0 Å². The summed E-state index contributed by atoms with van der Waals surface area (Å²) in [5, 5.41) is 3.06. The van der Waals surface area contributed by atoms with E-state index in [0.29, 0.717) is 35.3 Å². The van der Waals surface area contributed by atoms with E-state index in [9.17, 15) is 4.79 Å². The number of likely N-dealkylation sites (tertiary alicyclic amines) is 1. The number of amides is 1. The van der Waals surface area contributed by atoms with Gasteiger partial charge >= 0.3 is 0 Å². The van der Waals surface area contributed by atoms with Gasteiger partial charge in [-0.15, -0.1) is 11.8 Å². The molecule has 7 heteroatoms. The number of hydrogen-bond acceptors (Lipinski definition) is 6. The second-order valence-corrected chi connectivity index (χ2v) is 10.1. The van der Waals surface area contributed by atoms with E-state index in [2.05, 4.69) is 34.5 Å². The van der Waals surface area contributed by atoms with Crippen LogP contribution in [-0.2, 0) is 13.1 Å². The Morgan fingerprint density at radius 1 is 0.919 bits per heavy atom. The number of nitrogens with one attached hydrogen (secondary N) is 1. The second kappa shape index (κ2) is 12.9. The number of carbonyl (C=O) groups is 1. The molecule has 0 atom stereocenters. The zero-order valence-electron chi connectivity index (χ0n) is 22.1. The van der Waals surface area contributed by atoms with Gasteiger partial charge in [0.25, 0.3) is 5.91 Å². The Morgan fingerprint density at radius 2 is 1.59 bits per heavy atom. The molecule has 0 bridgehead atoms. The third-order valence-corrected chi connectivity index (χ3v) is 7.69. The molecule has 1 aliphatic heterocycles. The van der Waals surface area contributed by atoms with Crippen molar-refractivity contribution in [1.29, 1.82) is 0 Å². The first-order chi connectivity index (χ1) is 18.0. The Kier molecular flexibility index (Phi) is 9.36. The van der Waals surface area contributed by atoms with Crippen LogP contribution in [0, 0.1) is 0 Å². The largest absolute Gasteiger partial charge is 0.493 e. The number of rotatable bonds is 10. The van der Waals surface area contributed by atoms with Crippen molar-refractivity contribution in [3.8, 4) is 17.2 Å². The van der Waals surface area contributed by atoms with Crippen LogP contribution >= 0.6 is 11.8 Å². The lowest BCUT2D eigenvalue weighted by atomic mass is 9.88. The molecular weight excluding hydrogens is 484 g/mol. The molecule has 0 aromatic heterocycles. The molecule has 37 heavy (non-hydrogen) atoms. The lowest BCUT2D eigenvalue weighted by molar-refractivity contribution is 0.0951. The van der Waals surface area contributed by atoms with Gasteiger partial charge in [0, 0.05) is 23.5 Å². The van der Waals surface area contributed by atoms with Gasteiger partial charge in [0.2, 0.25) is 5.75 Å². The van der Waals surface area contributed by atoms with Crippen LogP contribution in [0.4, 0.5) is 0 Å². The third-order valence-electron chi connectivity index (χ3n) is 6.95. The standard InChI is InChI=1S/C30H36N2O4S/c1-34-27-17-22(18-28(35-2)29(27)36-3)20-32-14-12-23(13-15-32)25-7-5-6-21(16-25)19-31-30(33)24-8-10-26(37-4)11-9-24/h5-11,16-18,23H,12-15,19-20H2,1-4H3,(H,31,33). The average molecular weight is 521 g/mol. The van der Waals surface area contributed by atoms with Crippen LogP contribution in [0.1, 0.15) is 45.8 Å². The number of ether oxygens (including phenoxy) is 3. The van der Waals surface area contributed by atoms with Crippen molar-refractivity contribution in [3.05, 3.63) is 82.9 Å². The first kappa shape index (κ1) is 26.9. The molecule has 0 unspecified atom stereocenters. The lowest BCUT2D eigenvalue weighted by Gasteiger charge is -2.32. The first-order valence-electron chi connectivity index (χ1n) is 12.6. The fourth-order valence-corrected chi connectivity index (χ4v) is 5.30. The number of nitrogens with zero attached hydrogens (tertiary/aromatic N) is 1. The summed E-state index contributed by atoms with van der Waals surface area (Å²) < 4.78 is 16.5. The number of methoxy groups -OCH3 is 3. The molecular formula is C30H36N2O4S. The molecule has 3 aromatic rings. The summed E-state index contributed by atoms with van der Waals surface area (Å²) in [6.07, 6.45) is 4.23. The molecule has 0 aliphatic carbocycles. The molecule has 1 fully saturated rings. The third kappa shape index (κ3) is 6.79. The van der Waals surface area contributed by atoms with Crippen LogP contribution in [0.3, 0.4) is 0 Å². The van der Waals surface area contributed by atoms with Crippen LogP contribution in [0.25, 0.3) is 0 Å². The second-order valence-electron chi connectivity index (χ2n) is 9.24. The Morgan fingerprint density at radius 3 is 2.19 bits per heavy atom. The fourth-order valence-electron chi connectivity index (χ4n) is 4.89. The number of thioether (sulfide) groups is 1. The highest BCUT2D eigenvalue weighted by Gasteiger charge is 2.22. The summed E-state index contributed by atoms with van der Waals surface area (Å²) in [6.45, 7) is 3.41. The van der Waals surface area contributed by atoms with Gasteiger partial charge in [-0.05, 0) is 91.2 Å². The van der Waals surface area contributed by atoms with Crippen molar-refractivity contribution in [2.24, 2.45) is 0 Å². The first-order valence-corrected chi connectivity index (χ1v) is 13.8. The summed E-state index contributed by atoms with van der Waals surface area (Å²) in [4.78, 5) is 16.2. The zero-order chi connectivity index (χ0) is 26.2. The quantitative estimate of drug-likeness (QED) is 0.344. The Bertz CT molecular complexity index is 1170. The van der Waals surface area contributed by atoms with Crippen LogP contribution in [0.15, 0.2) is 65.6 Å². The SMILES string of the molecule is COc1cc(CN2CCC(c3cccc(CNC(=O)c4ccc(SC)cc4)c3)CC2)cc(OC)c1OC. The van der Waals surface area contributed by atoms with Crippen molar-refractivity contribution in [2.45, 2.75) is 36.7 Å². The van der Waals surface area contributed by atoms with Gasteiger partial charge in [-0.1, -0.05) is 24.3 Å². The average Bonchev–Trinajstić information content (AvgIpc) is 2.95. The van der Waals surface area contributed by atoms with Crippen molar-refractivity contribution < 1.29 is 19.0 Å². The molecule has 1 N–H and O–H groups in total. The van der Waals surface area contributed by atoms with E-state index in [1.165, 1.54) is 5.56 Å². The van der Waals surface area contributed by atoms with Crippen molar-refractivity contribution in [2.75, 3.05) is 40.7 Å². The highest BCUT2D eigenvalue weighted by molar-refractivity contribution is 7.98. The van der Waals surface area contributed by atoms with Gasteiger partial charge in [-0.3, -0.25) is 9.69 Å². The summed E-state index contributed by atoms with van der Waals surface area (Å²) in [7, 11) is 4.92. The van der Waals surface area contributed by atoms with Gasteiger partial charge in [0.15, 0.2) is 11.5 Å². The summed E-state index contributed by atoms with van der Waals surface area (Å²) in [5.41, 5.74) is 4.32. The lowest BCUT2D eigenvalue weighted by Crippen LogP contribution is -2.32.